The number of anilines is 1. The van der Waals surface area contributed by atoms with Crippen LogP contribution in [0.4, 0.5) is 14.9 Å². The number of urea groups is 1. The van der Waals surface area contributed by atoms with Crippen LogP contribution in [0.2, 0.25) is 0 Å². The Morgan fingerprint density at radius 2 is 2.29 bits per heavy atom. The molecule has 5 heteroatoms. The second kappa shape index (κ2) is 4.00. The molecule has 2 amide bonds. The average molecular weight is 236 g/mol. The number of carbonyl (C=O) groups is 1. The normalized spacial score (nSPS) is 27.2. The van der Waals surface area contributed by atoms with E-state index in [0.717, 1.165) is 12.0 Å². The molecular formula is C12H13FN2O2. The molecule has 0 radical (unpaired) electrons. The second-order valence-corrected chi connectivity index (χ2v) is 4.43. The molecule has 2 unspecified atom stereocenters. The molecule has 1 aromatic rings. The van der Waals surface area contributed by atoms with Crippen LogP contribution >= 0.6 is 0 Å². The highest BCUT2D eigenvalue weighted by Gasteiger charge is 2.33. The zero-order valence-electron chi connectivity index (χ0n) is 9.20. The molecular weight excluding hydrogens is 223 g/mol. The molecule has 2 aliphatic rings. The number of nitrogens with one attached hydrogen (secondary N) is 2. The van der Waals surface area contributed by atoms with Crippen molar-refractivity contribution < 1.29 is 13.9 Å². The van der Waals surface area contributed by atoms with Gasteiger partial charge in [0.05, 0.1) is 12.6 Å². The number of ether oxygens (including phenoxy) is 1. The van der Waals surface area contributed by atoms with Crippen LogP contribution in [0.3, 0.4) is 0 Å². The molecule has 17 heavy (non-hydrogen) atoms. The molecule has 2 heterocycles. The standard InChI is InChI=1S/C12H13FN2O2/c13-8-1-2-10-9(5-8)11(15-12(16)14-10)7-3-4-17-6-7/h1-2,5,7,11H,3-4,6H2,(H2,14,15,16). The summed E-state index contributed by atoms with van der Waals surface area (Å²) in [6, 6.07) is 4.04. The predicted molar refractivity (Wildman–Crippen MR) is 60.2 cm³/mol. The maximum Gasteiger partial charge on any atom is 0.319 e. The smallest absolute Gasteiger partial charge is 0.319 e. The van der Waals surface area contributed by atoms with Crippen molar-refractivity contribution in [2.45, 2.75) is 12.5 Å². The van der Waals surface area contributed by atoms with Crippen LogP contribution in [0.25, 0.3) is 0 Å². The Bertz CT molecular complexity index is 458. The SMILES string of the molecule is O=C1Nc2ccc(F)cc2C(C2CCOC2)N1. The Labute approximate surface area is 98.1 Å². The number of amides is 2. The highest BCUT2D eigenvalue weighted by molar-refractivity contribution is 5.93. The van der Waals surface area contributed by atoms with Gasteiger partial charge >= 0.3 is 6.03 Å². The molecule has 90 valence electrons. The summed E-state index contributed by atoms with van der Waals surface area (Å²) in [7, 11) is 0. The summed E-state index contributed by atoms with van der Waals surface area (Å²) in [5, 5.41) is 5.53. The van der Waals surface area contributed by atoms with Crippen molar-refractivity contribution in [2.75, 3.05) is 18.5 Å². The van der Waals surface area contributed by atoms with E-state index >= 15 is 0 Å². The number of carbonyl (C=O) groups excluding carboxylic acids is 1. The summed E-state index contributed by atoms with van der Waals surface area (Å²) >= 11 is 0. The Morgan fingerprint density at radius 1 is 1.41 bits per heavy atom. The number of halogens is 1. The molecule has 4 nitrogen and oxygen atoms in total. The van der Waals surface area contributed by atoms with Crippen LogP contribution in [0.1, 0.15) is 18.0 Å². The Balaban J connectivity index is 1.99. The maximum atomic E-state index is 13.3. The molecule has 2 atom stereocenters. The number of hydrogen-bond donors (Lipinski definition) is 2. The molecule has 1 fully saturated rings. The van der Waals surface area contributed by atoms with Gasteiger partial charge in [0.15, 0.2) is 0 Å². The van der Waals surface area contributed by atoms with Gasteiger partial charge in [0.25, 0.3) is 0 Å². The Kier molecular flexibility index (Phi) is 2.48. The largest absolute Gasteiger partial charge is 0.381 e. The third-order valence-corrected chi connectivity index (χ3v) is 3.32. The second-order valence-electron chi connectivity index (χ2n) is 4.43. The fraction of sp³-hybridized carbons (Fsp3) is 0.417. The van der Waals surface area contributed by atoms with Crippen molar-refractivity contribution >= 4 is 11.7 Å². The summed E-state index contributed by atoms with van der Waals surface area (Å²) in [6.45, 7) is 1.32. The van der Waals surface area contributed by atoms with Gasteiger partial charge in [0.2, 0.25) is 0 Å². The van der Waals surface area contributed by atoms with E-state index < -0.39 is 0 Å². The van der Waals surface area contributed by atoms with E-state index in [9.17, 15) is 9.18 Å². The van der Waals surface area contributed by atoms with Crippen molar-refractivity contribution in [1.29, 1.82) is 0 Å². The van der Waals surface area contributed by atoms with E-state index in [4.69, 9.17) is 4.74 Å². The van der Waals surface area contributed by atoms with E-state index in [-0.39, 0.29) is 23.8 Å². The molecule has 0 bridgehead atoms. The lowest BCUT2D eigenvalue weighted by molar-refractivity contribution is 0.176. The molecule has 0 aromatic heterocycles. The molecule has 2 aliphatic heterocycles. The third-order valence-electron chi connectivity index (χ3n) is 3.32. The van der Waals surface area contributed by atoms with E-state index in [2.05, 4.69) is 10.6 Å². The minimum Gasteiger partial charge on any atom is -0.381 e. The fourth-order valence-electron chi connectivity index (χ4n) is 2.47. The maximum absolute atomic E-state index is 13.3. The minimum atomic E-state index is -0.286. The number of benzene rings is 1. The highest BCUT2D eigenvalue weighted by atomic mass is 19.1. The lowest BCUT2D eigenvalue weighted by Crippen LogP contribution is -2.41. The number of fused-ring (bicyclic) bond motifs is 1. The van der Waals surface area contributed by atoms with Crippen LogP contribution in [0, 0.1) is 11.7 Å². The number of rotatable bonds is 1. The quantitative estimate of drug-likeness (QED) is 0.784. The van der Waals surface area contributed by atoms with Crippen molar-refractivity contribution in [3.05, 3.63) is 29.6 Å². The molecule has 0 spiro atoms. The van der Waals surface area contributed by atoms with Gasteiger partial charge in [0.1, 0.15) is 5.82 Å². The van der Waals surface area contributed by atoms with Crippen LogP contribution in [-0.4, -0.2) is 19.2 Å². The lowest BCUT2D eigenvalue weighted by atomic mass is 9.90. The first-order valence-electron chi connectivity index (χ1n) is 5.69. The topological polar surface area (TPSA) is 50.4 Å². The van der Waals surface area contributed by atoms with E-state index in [1.807, 2.05) is 0 Å². The zero-order valence-corrected chi connectivity index (χ0v) is 9.20. The van der Waals surface area contributed by atoms with Gasteiger partial charge in [-0.3, -0.25) is 0 Å². The molecule has 2 N–H and O–H groups in total. The van der Waals surface area contributed by atoms with E-state index in [0.29, 0.717) is 18.9 Å². The van der Waals surface area contributed by atoms with Crippen molar-refractivity contribution in [3.63, 3.8) is 0 Å². The lowest BCUT2D eigenvalue weighted by Gasteiger charge is -2.30. The van der Waals surface area contributed by atoms with Crippen LogP contribution in [0.5, 0.6) is 0 Å². The van der Waals surface area contributed by atoms with Gasteiger partial charge in [-0.15, -0.1) is 0 Å². The molecule has 0 saturated carbocycles. The van der Waals surface area contributed by atoms with Gasteiger partial charge in [-0.1, -0.05) is 0 Å². The minimum absolute atomic E-state index is 0.156. The summed E-state index contributed by atoms with van der Waals surface area (Å²) in [6.07, 6.45) is 0.890. The Morgan fingerprint density at radius 3 is 3.06 bits per heavy atom. The summed E-state index contributed by atoms with van der Waals surface area (Å²) < 4.78 is 18.6. The first kappa shape index (κ1) is 10.5. The monoisotopic (exact) mass is 236 g/mol. The van der Waals surface area contributed by atoms with Crippen molar-refractivity contribution in [1.82, 2.24) is 5.32 Å². The van der Waals surface area contributed by atoms with Crippen LogP contribution < -0.4 is 10.6 Å². The van der Waals surface area contributed by atoms with E-state index in [1.54, 1.807) is 6.07 Å². The molecule has 1 saturated heterocycles. The van der Waals surface area contributed by atoms with Crippen LogP contribution in [0.15, 0.2) is 18.2 Å². The highest BCUT2D eigenvalue weighted by Crippen LogP contribution is 2.35. The molecule has 3 rings (SSSR count). The molecule has 1 aromatic carbocycles. The molecule has 0 aliphatic carbocycles. The first-order chi connectivity index (χ1) is 8.24. The summed E-state index contributed by atoms with van der Waals surface area (Å²) in [4.78, 5) is 11.5. The fourth-order valence-corrected chi connectivity index (χ4v) is 2.47. The van der Waals surface area contributed by atoms with Gasteiger partial charge in [0, 0.05) is 23.8 Å². The number of hydrogen-bond acceptors (Lipinski definition) is 2. The first-order valence-corrected chi connectivity index (χ1v) is 5.69. The van der Waals surface area contributed by atoms with Crippen LogP contribution in [-0.2, 0) is 4.74 Å². The van der Waals surface area contributed by atoms with Crippen molar-refractivity contribution in [3.8, 4) is 0 Å². The van der Waals surface area contributed by atoms with Gasteiger partial charge < -0.3 is 15.4 Å². The van der Waals surface area contributed by atoms with E-state index in [1.165, 1.54) is 12.1 Å². The average Bonchev–Trinajstić information content (AvgIpc) is 2.82. The third kappa shape index (κ3) is 1.86. The summed E-state index contributed by atoms with van der Waals surface area (Å²) in [5.74, 6) is -0.0628. The Hall–Kier alpha value is -1.62. The van der Waals surface area contributed by atoms with Gasteiger partial charge in [-0.25, -0.2) is 9.18 Å². The predicted octanol–water partition coefficient (Wildman–Crippen LogP) is 2.04. The van der Waals surface area contributed by atoms with Gasteiger partial charge in [-0.05, 0) is 24.6 Å². The summed E-state index contributed by atoms with van der Waals surface area (Å²) in [5.41, 5.74) is 1.49. The van der Waals surface area contributed by atoms with Crippen molar-refractivity contribution in [2.24, 2.45) is 5.92 Å². The van der Waals surface area contributed by atoms with Gasteiger partial charge in [-0.2, -0.15) is 0 Å². The zero-order chi connectivity index (χ0) is 11.8.